The Kier molecular flexibility index (Phi) is 4.07. The first-order valence-corrected chi connectivity index (χ1v) is 6.25. The summed E-state index contributed by atoms with van der Waals surface area (Å²) in [5.74, 6) is -0.193. The van der Waals surface area contributed by atoms with Crippen LogP contribution in [0, 0.1) is 11.3 Å². The van der Waals surface area contributed by atoms with Gasteiger partial charge >= 0.3 is 0 Å². The van der Waals surface area contributed by atoms with E-state index in [0.717, 1.165) is 0 Å². The molecule has 0 aliphatic carbocycles. The van der Waals surface area contributed by atoms with Crippen LogP contribution in [0.25, 0.3) is 0 Å². The Morgan fingerprint density at radius 2 is 2.22 bits per heavy atom. The number of rotatable bonds is 1. The third kappa shape index (κ3) is 2.59. The van der Waals surface area contributed by atoms with Crippen LogP contribution < -0.4 is 5.32 Å². The number of hydrogen-bond acceptors (Lipinski definition) is 3. The molecule has 1 heterocycles. The molecule has 18 heavy (non-hydrogen) atoms. The fraction of sp³-hybridized carbons (Fsp3) is 0.333. The molecule has 1 aliphatic heterocycles. The van der Waals surface area contributed by atoms with Crippen LogP contribution in [0.4, 0.5) is 0 Å². The highest BCUT2D eigenvalue weighted by atomic mass is 35.5. The molecule has 0 aromatic heterocycles. The van der Waals surface area contributed by atoms with E-state index in [1.54, 1.807) is 17.0 Å². The van der Waals surface area contributed by atoms with Crippen LogP contribution in [0.15, 0.2) is 18.2 Å². The SMILES string of the molecule is N#CC1CNCCN1C(=O)c1ccc(Cl)c(Cl)c1. The minimum Gasteiger partial charge on any atom is -0.320 e. The number of carbonyl (C=O) groups is 1. The normalized spacial score (nSPS) is 19.4. The van der Waals surface area contributed by atoms with Crippen molar-refractivity contribution < 1.29 is 4.79 Å². The summed E-state index contributed by atoms with van der Waals surface area (Å²) in [6.45, 7) is 1.69. The van der Waals surface area contributed by atoms with Gasteiger partial charge in [-0.15, -0.1) is 0 Å². The lowest BCUT2D eigenvalue weighted by atomic mass is 10.1. The van der Waals surface area contributed by atoms with Crippen molar-refractivity contribution in [3.8, 4) is 6.07 Å². The highest BCUT2D eigenvalue weighted by Gasteiger charge is 2.27. The van der Waals surface area contributed by atoms with Crippen molar-refractivity contribution in [1.82, 2.24) is 10.2 Å². The van der Waals surface area contributed by atoms with Gasteiger partial charge < -0.3 is 10.2 Å². The summed E-state index contributed by atoms with van der Waals surface area (Å²) in [7, 11) is 0. The summed E-state index contributed by atoms with van der Waals surface area (Å²) >= 11 is 11.7. The molecule has 1 aromatic carbocycles. The average Bonchev–Trinajstić information content (AvgIpc) is 2.41. The number of amides is 1. The zero-order valence-corrected chi connectivity index (χ0v) is 11.0. The summed E-state index contributed by atoms with van der Waals surface area (Å²) in [5, 5.41) is 12.9. The average molecular weight is 284 g/mol. The van der Waals surface area contributed by atoms with Crippen LogP contribution in [-0.4, -0.2) is 36.5 Å². The fourth-order valence-electron chi connectivity index (χ4n) is 1.86. The van der Waals surface area contributed by atoms with Gasteiger partial charge in [-0.2, -0.15) is 5.26 Å². The summed E-state index contributed by atoms with van der Waals surface area (Å²) in [6.07, 6.45) is 0. The molecule has 1 amide bonds. The smallest absolute Gasteiger partial charge is 0.255 e. The second-order valence-electron chi connectivity index (χ2n) is 3.98. The van der Waals surface area contributed by atoms with Crippen LogP contribution in [0.5, 0.6) is 0 Å². The monoisotopic (exact) mass is 283 g/mol. The standard InChI is InChI=1S/C12H11Cl2N3O/c13-10-2-1-8(5-11(10)14)12(18)17-4-3-16-7-9(17)6-15/h1-2,5,9,16H,3-4,7H2. The molecule has 4 nitrogen and oxygen atoms in total. The molecule has 0 radical (unpaired) electrons. The van der Waals surface area contributed by atoms with Crippen LogP contribution in [0.3, 0.4) is 0 Å². The molecule has 1 fully saturated rings. The molecule has 1 saturated heterocycles. The van der Waals surface area contributed by atoms with Gasteiger partial charge in [0.25, 0.3) is 5.91 Å². The van der Waals surface area contributed by atoms with Gasteiger partial charge in [-0.05, 0) is 18.2 Å². The van der Waals surface area contributed by atoms with Crippen molar-refractivity contribution >= 4 is 29.1 Å². The molecule has 1 atom stereocenters. The minimum atomic E-state index is -0.444. The number of halogens is 2. The molecule has 0 bridgehead atoms. The van der Waals surface area contributed by atoms with Gasteiger partial charge in [-0.3, -0.25) is 4.79 Å². The van der Waals surface area contributed by atoms with Crippen LogP contribution in [-0.2, 0) is 0 Å². The fourth-order valence-corrected chi connectivity index (χ4v) is 2.16. The quantitative estimate of drug-likeness (QED) is 0.857. The van der Waals surface area contributed by atoms with E-state index < -0.39 is 6.04 Å². The van der Waals surface area contributed by atoms with E-state index in [1.807, 2.05) is 0 Å². The predicted octanol–water partition coefficient (Wildman–Crippen LogP) is 1.93. The number of benzene rings is 1. The molecular weight excluding hydrogens is 273 g/mol. The Hall–Kier alpha value is -1.28. The van der Waals surface area contributed by atoms with Crippen molar-refractivity contribution in [3.63, 3.8) is 0 Å². The van der Waals surface area contributed by atoms with Crippen LogP contribution in [0.1, 0.15) is 10.4 Å². The summed E-state index contributed by atoms with van der Waals surface area (Å²) < 4.78 is 0. The highest BCUT2D eigenvalue weighted by Crippen LogP contribution is 2.23. The lowest BCUT2D eigenvalue weighted by molar-refractivity contribution is 0.0687. The number of nitrogens with one attached hydrogen (secondary N) is 1. The van der Waals surface area contributed by atoms with Crippen molar-refractivity contribution in [2.45, 2.75) is 6.04 Å². The third-order valence-electron chi connectivity index (χ3n) is 2.82. The number of nitriles is 1. The van der Waals surface area contributed by atoms with E-state index in [9.17, 15) is 4.79 Å². The van der Waals surface area contributed by atoms with Crippen LogP contribution in [0.2, 0.25) is 10.0 Å². The van der Waals surface area contributed by atoms with Crippen LogP contribution >= 0.6 is 23.2 Å². The Labute approximate surface area is 115 Å². The first kappa shape index (κ1) is 13.2. The lowest BCUT2D eigenvalue weighted by Gasteiger charge is -2.32. The maximum absolute atomic E-state index is 12.3. The van der Waals surface area contributed by atoms with E-state index >= 15 is 0 Å². The maximum Gasteiger partial charge on any atom is 0.255 e. The number of carbonyl (C=O) groups excluding carboxylic acids is 1. The lowest BCUT2D eigenvalue weighted by Crippen LogP contribution is -2.53. The summed E-state index contributed by atoms with van der Waals surface area (Å²) in [5.41, 5.74) is 0.451. The van der Waals surface area contributed by atoms with Crippen molar-refractivity contribution in [1.29, 1.82) is 5.26 Å². The number of nitrogens with zero attached hydrogens (tertiary/aromatic N) is 2. The van der Waals surface area contributed by atoms with E-state index in [2.05, 4.69) is 11.4 Å². The van der Waals surface area contributed by atoms with Crippen molar-refractivity contribution in [3.05, 3.63) is 33.8 Å². The van der Waals surface area contributed by atoms with Gasteiger partial charge in [0.2, 0.25) is 0 Å². The molecule has 6 heteroatoms. The first-order valence-electron chi connectivity index (χ1n) is 5.50. The Morgan fingerprint density at radius 3 is 2.89 bits per heavy atom. The molecular formula is C12H11Cl2N3O. The zero-order valence-electron chi connectivity index (χ0n) is 9.49. The number of piperazine rings is 1. The molecule has 2 rings (SSSR count). The van der Waals surface area contributed by atoms with Crippen molar-refractivity contribution in [2.24, 2.45) is 0 Å². The molecule has 1 unspecified atom stereocenters. The van der Waals surface area contributed by atoms with Gasteiger partial charge in [-0.25, -0.2) is 0 Å². The molecule has 0 spiro atoms. The Bertz CT molecular complexity index is 513. The summed E-state index contributed by atoms with van der Waals surface area (Å²) in [4.78, 5) is 13.8. The predicted molar refractivity (Wildman–Crippen MR) is 69.8 cm³/mol. The minimum absolute atomic E-state index is 0.193. The van der Waals surface area contributed by atoms with Gasteiger partial charge in [0.1, 0.15) is 6.04 Å². The topological polar surface area (TPSA) is 56.1 Å². The molecule has 1 N–H and O–H groups in total. The molecule has 1 aromatic rings. The molecule has 1 aliphatic rings. The van der Waals surface area contributed by atoms with Gasteiger partial charge in [-0.1, -0.05) is 23.2 Å². The highest BCUT2D eigenvalue weighted by molar-refractivity contribution is 6.42. The van der Waals surface area contributed by atoms with E-state index in [0.29, 0.717) is 35.2 Å². The van der Waals surface area contributed by atoms with Gasteiger partial charge in [0.15, 0.2) is 0 Å². The summed E-state index contributed by atoms with van der Waals surface area (Å²) in [6, 6.07) is 6.40. The largest absolute Gasteiger partial charge is 0.320 e. The molecule has 0 saturated carbocycles. The zero-order chi connectivity index (χ0) is 13.1. The number of hydrogen-bond donors (Lipinski definition) is 1. The second kappa shape index (κ2) is 5.57. The maximum atomic E-state index is 12.3. The van der Waals surface area contributed by atoms with E-state index in [4.69, 9.17) is 28.5 Å². The molecule has 94 valence electrons. The van der Waals surface area contributed by atoms with E-state index in [1.165, 1.54) is 6.07 Å². The third-order valence-corrected chi connectivity index (χ3v) is 3.56. The van der Waals surface area contributed by atoms with Gasteiger partial charge in [0, 0.05) is 25.2 Å². The second-order valence-corrected chi connectivity index (χ2v) is 4.79. The van der Waals surface area contributed by atoms with Crippen molar-refractivity contribution in [2.75, 3.05) is 19.6 Å². The van der Waals surface area contributed by atoms with Gasteiger partial charge in [0.05, 0.1) is 16.1 Å². The first-order chi connectivity index (χ1) is 8.63. The van der Waals surface area contributed by atoms with E-state index in [-0.39, 0.29) is 5.91 Å². The Balaban J connectivity index is 2.24. The Morgan fingerprint density at radius 1 is 1.44 bits per heavy atom.